The summed E-state index contributed by atoms with van der Waals surface area (Å²) in [6.45, 7) is 6.63. The van der Waals surface area contributed by atoms with E-state index in [-0.39, 0.29) is 5.91 Å². The highest BCUT2D eigenvalue weighted by molar-refractivity contribution is 7.98. The van der Waals surface area contributed by atoms with E-state index in [0.29, 0.717) is 12.2 Å². The van der Waals surface area contributed by atoms with Crippen LogP contribution in [-0.2, 0) is 5.75 Å². The highest BCUT2D eigenvalue weighted by atomic mass is 32.2. The van der Waals surface area contributed by atoms with Gasteiger partial charge in [0.05, 0.1) is 6.61 Å². The Morgan fingerprint density at radius 1 is 1.00 bits per heavy atom. The molecule has 0 unspecified atom stereocenters. The Morgan fingerprint density at radius 3 is 2.46 bits per heavy atom. The maximum atomic E-state index is 12.7. The summed E-state index contributed by atoms with van der Waals surface area (Å²) in [5.74, 6) is 1.46. The van der Waals surface area contributed by atoms with Crippen molar-refractivity contribution in [3.8, 4) is 5.75 Å². The van der Waals surface area contributed by atoms with E-state index in [0.717, 1.165) is 28.3 Å². The van der Waals surface area contributed by atoms with Gasteiger partial charge in [0, 0.05) is 27.5 Å². The lowest BCUT2D eigenvalue weighted by molar-refractivity contribution is 0.102. The SMILES string of the molecule is CCOc1ccc(C(=O)Nc2ccccc2C)cc1CSc1ccc(C)cc1. The summed E-state index contributed by atoms with van der Waals surface area (Å²) >= 11 is 1.74. The first kappa shape index (κ1) is 20.0. The Morgan fingerprint density at radius 2 is 1.75 bits per heavy atom. The van der Waals surface area contributed by atoms with Crippen LogP contribution in [0.15, 0.2) is 71.6 Å². The van der Waals surface area contributed by atoms with E-state index in [9.17, 15) is 4.79 Å². The fourth-order valence-electron chi connectivity index (χ4n) is 2.83. The lowest BCUT2D eigenvalue weighted by Crippen LogP contribution is -2.13. The van der Waals surface area contributed by atoms with Crippen molar-refractivity contribution < 1.29 is 9.53 Å². The molecule has 0 spiro atoms. The van der Waals surface area contributed by atoms with Crippen LogP contribution in [0.5, 0.6) is 5.75 Å². The second kappa shape index (κ2) is 9.47. The number of aryl methyl sites for hydroxylation is 2. The molecule has 3 aromatic carbocycles. The molecule has 28 heavy (non-hydrogen) atoms. The summed E-state index contributed by atoms with van der Waals surface area (Å²) in [7, 11) is 0. The molecule has 144 valence electrons. The zero-order valence-corrected chi connectivity index (χ0v) is 17.3. The van der Waals surface area contributed by atoms with Crippen molar-refractivity contribution in [2.24, 2.45) is 0 Å². The van der Waals surface area contributed by atoms with E-state index in [1.165, 1.54) is 10.5 Å². The molecule has 0 aliphatic heterocycles. The number of rotatable bonds is 7. The maximum absolute atomic E-state index is 12.7. The van der Waals surface area contributed by atoms with Crippen molar-refractivity contribution in [1.82, 2.24) is 0 Å². The molecule has 1 N–H and O–H groups in total. The first-order chi connectivity index (χ1) is 13.6. The quantitative estimate of drug-likeness (QED) is 0.484. The molecule has 3 aromatic rings. The Labute approximate surface area is 171 Å². The molecule has 0 saturated carbocycles. The average Bonchev–Trinajstić information content (AvgIpc) is 2.70. The van der Waals surface area contributed by atoms with Gasteiger partial charge < -0.3 is 10.1 Å². The Hall–Kier alpha value is -2.72. The second-order valence-electron chi connectivity index (χ2n) is 6.63. The molecule has 0 aliphatic carbocycles. The number of ether oxygens (including phenoxy) is 1. The smallest absolute Gasteiger partial charge is 0.255 e. The van der Waals surface area contributed by atoms with Crippen LogP contribution in [0.1, 0.15) is 34.0 Å². The van der Waals surface area contributed by atoms with Crippen LogP contribution in [-0.4, -0.2) is 12.5 Å². The summed E-state index contributed by atoms with van der Waals surface area (Å²) in [5, 5.41) is 3.00. The van der Waals surface area contributed by atoms with Gasteiger partial charge in [-0.2, -0.15) is 0 Å². The van der Waals surface area contributed by atoms with Crippen molar-refractivity contribution in [3.63, 3.8) is 0 Å². The number of para-hydroxylation sites is 1. The normalized spacial score (nSPS) is 10.5. The van der Waals surface area contributed by atoms with Crippen LogP contribution >= 0.6 is 11.8 Å². The van der Waals surface area contributed by atoms with Gasteiger partial charge in [-0.3, -0.25) is 4.79 Å². The second-order valence-corrected chi connectivity index (χ2v) is 7.68. The van der Waals surface area contributed by atoms with Gasteiger partial charge in [-0.25, -0.2) is 0 Å². The van der Waals surface area contributed by atoms with Crippen molar-refractivity contribution in [3.05, 3.63) is 89.0 Å². The highest BCUT2D eigenvalue weighted by Gasteiger charge is 2.12. The highest BCUT2D eigenvalue weighted by Crippen LogP contribution is 2.29. The summed E-state index contributed by atoms with van der Waals surface area (Å²) in [5.41, 5.74) is 4.76. The van der Waals surface area contributed by atoms with Gasteiger partial charge in [-0.05, 0) is 62.7 Å². The zero-order chi connectivity index (χ0) is 19.9. The van der Waals surface area contributed by atoms with E-state index in [2.05, 4.69) is 36.5 Å². The van der Waals surface area contributed by atoms with Gasteiger partial charge in [0.25, 0.3) is 5.91 Å². The minimum absolute atomic E-state index is 0.112. The number of thioether (sulfide) groups is 1. The van der Waals surface area contributed by atoms with Crippen molar-refractivity contribution >= 4 is 23.4 Å². The molecule has 3 nitrogen and oxygen atoms in total. The number of amides is 1. The molecule has 0 aliphatic rings. The molecule has 0 fully saturated rings. The van der Waals surface area contributed by atoms with Gasteiger partial charge in [-0.1, -0.05) is 35.9 Å². The third-order valence-corrected chi connectivity index (χ3v) is 5.49. The largest absolute Gasteiger partial charge is 0.494 e. The number of carbonyl (C=O) groups is 1. The van der Waals surface area contributed by atoms with Crippen LogP contribution < -0.4 is 10.1 Å². The van der Waals surface area contributed by atoms with Gasteiger partial charge >= 0.3 is 0 Å². The number of hydrogen-bond donors (Lipinski definition) is 1. The zero-order valence-electron chi connectivity index (χ0n) is 16.5. The summed E-state index contributed by atoms with van der Waals surface area (Å²) in [6, 6.07) is 21.9. The van der Waals surface area contributed by atoms with E-state index in [1.807, 2.05) is 56.3 Å². The molecule has 0 heterocycles. The molecule has 0 saturated heterocycles. The number of anilines is 1. The summed E-state index contributed by atoms with van der Waals surface area (Å²) < 4.78 is 5.77. The van der Waals surface area contributed by atoms with Crippen LogP contribution in [0.3, 0.4) is 0 Å². The van der Waals surface area contributed by atoms with Crippen LogP contribution in [0.25, 0.3) is 0 Å². The van der Waals surface area contributed by atoms with Crippen LogP contribution in [0.2, 0.25) is 0 Å². The minimum atomic E-state index is -0.112. The van der Waals surface area contributed by atoms with Gasteiger partial charge in [0.2, 0.25) is 0 Å². The Balaban J connectivity index is 1.79. The van der Waals surface area contributed by atoms with E-state index in [4.69, 9.17) is 4.74 Å². The van der Waals surface area contributed by atoms with Crippen molar-refractivity contribution in [1.29, 1.82) is 0 Å². The fraction of sp³-hybridized carbons (Fsp3) is 0.208. The number of nitrogens with one attached hydrogen (secondary N) is 1. The van der Waals surface area contributed by atoms with Crippen molar-refractivity contribution in [2.45, 2.75) is 31.4 Å². The van der Waals surface area contributed by atoms with E-state index in [1.54, 1.807) is 11.8 Å². The molecule has 0 aromatic heterocycles. The van der Waals surface area contributed by atoms with Crippen LogP contribution in [0, 0.1) is 13.8 Å². The molecular formula is C24H25NO2S. The summed E-state index contributed by atoms with van der Waals surface area (Å²) in [4.78, 5) is 13.9. The predicted octanol–water partition coefficient (Wildman–Crippen LogP) is 6.25. The average molecular weight is 392 g/mol. The predicted molar refractivity (Wildman–Crippen MR) is 117 cm³/mol. The maximum Gasteiger partial charge on any atom is 0.255 e. The van der Waals surface area contributed by atoms with Crippen LogP contribution in [0.4, 0.5) is 5.69 Å². The Bertz CT molecular complexity index is 951. The van der Waals surface area contributed by atoms with E-state index < -0.39 is 0 Å². The first-order valence-corrected chi connectivity index (χ1v) is 10.4. The molecular weight excluding hydrogens is 366 g/mol. The fourth-order valence-corrected chi connectivity index (χ4v) is 3.71. The molecule has 0 bridgehead atoms. The number of carbonyl (C=O) groups excluding carboxylic acids is 1. The third-order valence-electron chi connectivity index (χ3n) is 4.43. The lowest BCUT2D eigenvalue weighted by atomic mass is 10.1. The number of hydrogen-bond acceptors (Lipinski definition) is 3. The molecule has 1 amide bonds. The lowest BCUT2D eigenvalue weighted by Gasteiger charge is -2.13. The first-order valence-electron chi connectivity index (χ1n) is 9.39. The van der Waals surface area contributed by atoms with Gasteiger partial charge in [0.15, 0.2) is 0 Å². The molecule has 0 radical (unpaired) electrons. The standard InChI is InChI=1S/C24H25NO2S/c1-4-27-23-14-11-19(24(26)25-22-8-6-5-7-18(22)3)15-20(23)16-28-21-12-9-17(2)10-13-21/h5-15H,4,16H2,1-3H3,(H,25,26). The van der Waals surface area contributed by atoms with Gasteiger partial charge in [0.1, 0.15) is 5.75 Å². The minimum Gasteiger partial charge on any atom is -0.494 e. The van der Waals surface area contributed by atoms with Crippen molar-refractivity contribution in [2.75, 3.05) is 11.9 Å². The summed E-state index contributed by atoms with van der Waals surface area (Å²) in [6.07, 6.45) is 0. The molecule has 0 atom stereocenters. The third kappa shape index (κ3) is 5.17. The Kier molecular flexibility index (Phi) is 6.77. The van der Waals surface area contributed by atoms with E-state index >= 15 is 0 Å². The molecule has 4 heteroatoms. The topological polar surface area (TPSA) is 38.3 Å². The molecule has 3 rings (SSSR count). The monoisotopic (exact) mass is 391 g/mol. The van der Waals surface area contributed by atoms with Gasteiger partial charge in [-0.15, -0.1) is 11.8 Å². The number of benzene rings is 3.